The molecule has 7 heteroatoms. The minimum atomic E-state index is -0.750. The smallest absolute Gasteiger partial charge is 0.303 e. The van der Waals surface area contributed by atoms with Gasteiger partial charge < -0.3 is 5.11 Å². The van der Waals surface area contributed by atoms with E-state index in [2.05, 4.69) is 9.97 Å². The van der Waals surface area contributed by atoms with Gasteiger partial charge in [-0.15, -0.1) is 22.7 Å². The molecule has 0 spiro atoms. The lowest BCUT2D eigenvalue weighted by Crippen LogP contribution is -1.97. The molecule has 0 aliphatic heterocycles. The second kappa shape index (κ2) is 5.10. The van der Waals surface area contributed by atoms with Crippen molar-refractivity contribution in [2.45, 2.75) is 19.3 Å². The molecule has 0 unspecified atom stereocenters. The highest BCUT2D eigenvalue weighted by Gasteiger charge is 2.10. The summed E-state index contributed by atoms with van der Waals surface area (Å²) in [5.41, 5.74) is 4.65. The van der Waals surface area contributed by atoms with Crippen LogP contribution in [0.25, 0.3) is 16.3 Å². The van der Waals surface area contributed by atoms with Crippen LogP contribution in [0.1, 0.15) is 18.5 Å². The van der Waals surface area contributed by atoms with E-state index in [-0.39, 0.29) is 6.42 Å². The number of carboxylic acids is 1. The van der Waals surface area contributed by atoms with Gasteiger partial charge in [0.25, 0.3) is 0 Å². The number of rotatable bonds is 5. The van der Waals surface area contributed by atoms with Crippen LogP contribution in [0.15, 0.2) is 22.5 Å². The number of imidazole rings is 1. The fourth-order valence-corrected chi connectivity index (χ4v) is 3.35. The first-order valence-electron chi connectivity index (χ1n) is 5.80. The maximum absolute atomic E-state index is 10.5. The Morgan fingerprint density at radius 2 is 2.26 bits per heavy atom. The molecule has 19 heavy (non-hydrogen) atoms. The van der Waals surface area contributed by atoms with Gasteiger partial charge in [-0.05, 0) is 12.8 Å². The molecule has 3 aromatic rings. The number of fused-ring (bicyclic) bond motifs is 1. The fraction of sp³-hybridized carbons (Fsp3) is 0.250. The van der Waals surface area contributed by atoms with E-state index in [1.165, 1.54) is 0 Å². The van der Waals surface area contributed by atoms with E-state index in [9.17, 15) is 4.79 Å². The summed E-state index contributed by atoms with van der Waals surface area (Å²) in [5.74, 6) is -0.750. The summed E-state index contributed by atoms with van der Waals surface area (Å²) < 4.78 is 2.03. The van der Waals surface area contributed by atoms with E-state index in [1.807, 2.05) is 21.4 Å². The number of aromatic nitrogens is 3. The van der Waals surface area contributed by atoms with Crippen LogP contribution >= 0.6 is 22.7 Å². The topological polar surface area (TPSA) is 67.5 Å². The lowest BCUT2D eigenvalue weighted by molar-refractivity contribution is -0.137. The molecule has 5 nitrogen and oxygen atoms in total. The van der Waals surface area contributed by atoms with Crippen LogP contribution in [-0.4, -0.2) is 25.4 Å². The average Bonchev–Trinajstić information content (AvgIpc) is 3.03. The molecule has 0 aliphatic carbocycles. The zero-order valence-corrected chi connectivity index (χ0v) is 11.6. The maximum atomic E-state index is 10.5. The Bertz CT molecular complexity index is 700. The number of thiazole rings is 2. The van der Waals surface area contributed by atoms with Crippen molar-refractivity contribution in [3.63, 3.8) is 0 Å². The van der Waals surface area contributed by atoms with Crippen molar-refractivity contribution in [1.29, 1.82) is 0 Å². The first-order chi connectivity index (χ1) is 9.24. The third kappa shape index (κ3) is 2.52. The molecular weight excluding hydrogens is 282 g/mol. The second-order valence-corrected chi connectivity index (χ2v) is 5.68. The second-order valence-electron chi connectivity index (χ2n) is 4.13. The van der Waals surface area contributed by atoms with Crippen LogP contribution in [0.2, 0.25) is 0 Å². The SMILES string of the molecule is O=C(O)CCCc1csc2nc(-c3cscn3)cn12. The minimum absolute atomic E-state index is 0.199. The number of nitrogens with zero attached hydrogens (tertiary/aromatic N) is 3. The highest BCUT2D eigenvalue weighted by molar-refractivity contribution is 7.15. The first kappa shape index (κ1) is 12.3. The summed E-state index contributed by atoms with van der Waals surface area (Å²) in [6.07, 6.45) is 3.56. The predicted molar refractivity (Wildman–Crippen MR) is 74.8 cm³/mol. The highest BCUT2D eigenvalue weighted by Crippen LogP contribution is 2.24. The Kier molecular flexibility index (Phi) is 3.31. The number of hydrogen-bond donors (Lipinski definition) is 1. The number of aliphatic carboxylic acids is 1. The molecule has 0 aliphatic rings. The summed E-state index contributed by atoms with van der Waals surface area (Å²) in [7, 11) is 0. The normalized spacial score (nSPS) is 11.2. The van der Waals surface area contributed by atoms with Gasteiger partial charge in [-0.2, -0.15) is 0 Å². The molecule has 0 saturated heterocycles. The van der Waals surface area contributed by atoms with Gasteiger partial charge in [0.15, 0.2) is 4.96 Å². The molecule has 0 aromatic carbocycles. The van der Waals surface area contributed by atoms with Crippen LogP contribution in [-0.2, 0) is 11.2 Å². The van der Waals surface area contributed by atoms with Gasteiger partial charge in [0.2, 0.25) is 0 Å². The van der Waals surface area contributed by atoms with Crippen LogP contribution in [0, 0.1) is 0 Å². The van der Waals surface area contributed by atoms with Crippen LogP contribution < -0.4 is 0 Å². The third-order valence-electron chi connectivity index (χ3n) is 2.80. The zero-order chi connectivity index (χ0) is 13.2. The summed E-state index contributed by atoms with van der Waals surface area (Å²) in [6.45, 7) is 0. The average molecular weight is 293 g/mol. The molecular formula is C12H11N3O2S2. The van der Waals surface area contributed by atoms with E-state index in [1.54, 1.807) is 28.2 Å². The quantitative estimate of drug-likeness (QED) is 0.785. The Hall–Kier alpha value is -1.73. The fourth-order valence-electron chi connectivity index (χ4n) is 1.89. The number of hydrogen-bond acceptors (Lipinski definition) is 5. The van der Waals surface area contributed by atoms with Gasteiger partial charge in [-0.25, -0.2) is 9.97 Å². The monoisotopic (exact) mass is 293 g/mol. The Balaban J connectivity index is 1.84. The molecule has 0 bridgehead atoms. The van der Waals surface area contributed by atoms with E-state index >= 15 is 0 Å². The Morgan fingerprint density at radius 3 is 3.00 bits per heavy atom. The van der Waals surface area contributed by atoms with Crippen molar-refractivity contribution in [1.82, 2.24) is 14.4 Å². The lowest BCUT2D eigenvalue weighted by Gasteiger charge is -1.97. The van der Waals surface area contributed by atoms with Crippen molar-refractivity contribution < 1.29 is 9.90 Å². The minimum Gasteiger partial charge on any atom is -0.481 e. The van der Waals surface area contributed by atoms with E-state index in [0.717, 1.165) is 28.5 Å². The maximum Gasteiger partial charge on any atom is 0.303 e. The molecule has 1 N–H and O–H groups in total. The van der Waals surface area contributed by atoms with Gasteiger partial charge in [0, 0.05) is 29.1 Å². The molecule has 3 heterocycles. The van der Waals surface area contributed by atoms with Crippen molar-refractivity contribution in [2.75, 3.05) is 0 Å². The summed E-state index contributed by atoms with van der Waals surface area (Å²) in [6, 6.07) is 0. The molecule has 0 amide bonds. The molecule has 98 valence electrons. The first-order valence-corrected chi connectivity index (χ1v) is 7.62. The van der Waals surface area contributed by atoms with Crippen molar-refractivity contribution in [3.05, 3.63) is 28.2 Å². The van der Waals surface area contributed by atoms with Crippen LogP contribution in [0.3, 0.4) is 0 Å². The molecule has 3 rings (SSSR count). The predicted octanol–water partition coefficient (Wildman–Crippen LogP) is 2.93. The molecule has 0 saturated carbocycles. The Morgan fingerprint density at radius 1 is 1.37 bits per heavy atom. The van der Waals surface area contributed by atoms with Crippen LogP contribution in [0.5, 0.6) is 0 Å². The van der Waals surface area contributed by atoms with Crippen molar-refractivity contribution in [2.24, 2.45) is 0 Å². The lowest BCUT2D eigenvalue weighted by atomic mass is 10.2. The molecule has 0 fully saturated rings. The number of carbonyl (C=O) groups is 1. The van der Waals surface area contributed by atoms with Gasteiger partial charge in [0.1, 0.15) is 11.4 Å². The van der Waals surface area contributed by atoms with E-state index in [4.69, 9.17) is 5.11 Å². The molecule has 0 atom stereocenters. The van der Waals surface area contributed by atoms with Gasteiger partial charge in [-0.3, -0.25) is 9.20 Å². The summed E-state index contributed by atoms with van der Waals surface area (Å²) in [5, 5.41) is 12.7. The van der Waals surface area contributed by atoms with E-state index in [0.29, 0.717) is 6.42 Å². The molecule has 3 aromatic heterocycles. The standard InChI is InChI=1S/C12H11N3O2S2/c16-11(17)3-1-2-8-5-19-12-14-9(4-15(8)12)10-6-18-7-13-10/h4-7H,1-3H2,(H,16,17). The number of carboxylic acid groups (broad SMARTS) is 1. The number of aryl methyl sites for hydroxylation is 1. The van der Waals surface area contributed by atoms with Gasteiger partial charge >= 0.3 is 5.97 Å². The third-order valence-corrected chi connectivity index (χ3v) is 4.28. The largest absolute Gasteiger partial charge is 0.481 e. The molecule has 0 radical (unpaired) electrons. The van der Waals surface area contributed by atoms with Crippen molar-refractivity contribution >= 4 is 33.6 Å². The van der Waals surface area contributed by atoms with Crippen molar-refractivity contribution in [3.8, 4) is 11.4 Å². The van der Waals surface area contributed by atoms with Gasteiger partial charge in [0.05, 0.1) is 5.51 Å². The summed E-state index contributed by atoms with van der Waals surface area (Å²) in [4.78, 5) is 20.2. The van der Waals surface area contributed by atoms with E-state index < -0.39 is 5.97 Å². The zero-order valence-electron chi connectivity index (χ0n) is 9.94. The highest BCUT2D eigenvalue weighted by atomic mass is 32.1. The summed E-state index contributed by atoms with van der Waals surface area (Å²) >= 11 is 3.12. The van der Waals surface area contributed by atoms with Gasteiger partial charge in [-0.1, -0.05) is 0 Å². The Labute approximate surface area is 117 Å². The van der Waals surface area contributed by atoms with Crippen LogP contribution in [0.4, 0.5) is 0 Å².